The molecular weight excluding hydrogens is 278 g/mol. The monoisotopic (exact) mass is 301 g/mol. The second-order valence-electron chi connectivity index (χ2n) is 6.30. The van der Waals surface area contributed by atoms with Crippen molar-refractivity contribution in [1.82, 2.24) is 5.32 Å². The van der Waals surface area contributed by atoms with E-state index >= 15 is 0 Å². The summed E-state index contributed by atoms with van der Waals surface area (Å²) in [6, 6.07) is 13.0. The van der Waals surface area contributed by atoms with Crippen LogP contribution in [0.5, 0.6) is 0 Å². The Morgan fingerprint density at radius 3 is 2.90 bits per heavy atom. The topological polar surface area (TPSA) is 21.3 Å². The summed E-state index contributed by atoms with van der Waals surface area (Å²) in [7, 11) is 0. The Kier molecular flexibility index (Phi) is 4.43. The van der Waals surface area contributed by atoms with Gasteiger partial charge in [0.15, 0.2) is 0 Å². The lowest BCUT2D eigenvalue weighted by atomic mass is 9.91. The smallest absolute Gasteiger partial charge is 0.0952 e. The molecule has 0 saturated heterocycles. The van der Waals surface area contributed by atoms with Gasteiger partial charge in [-0.2, -0.15) is 0 Å². The zero-order valence-corrected chi connectivity index (χ0v) is 13.6. The molecule has 3 rings (SSSR count). The summed E-state index contributed by atoms with van der Waals surface area (Å²) >= 11 is 1.83. The maximum Gasteiger partial charge on any atom is 0.0952 e. The number of thiophene rings is 1. The summed E-state index contributed by atoms with van der Waals surface area (Å²) < 4.78 is 5.95. The molecule has 112 valence electrons. The molecule has 0 amide bonds. The van der Waals surface area contributed by atoms with E-state index in [9.17, 15) is 0 Å². The van der Waals surface area contributed by atoms with Crippen LogP contribution in [-0.4, -0.2) is 19.7 Å². The van der Waals surface area contributed by atoms with E-state index in [1.165, 1.54) is 16.0 Å². The van der Waals surface area contributed by atoms with Gasteiger partial charge in [-0.1, -0.05) is 44.2 Å². The molecule has 2 heterocycles. The van der Waals surface area contributed by atoms with Gasteiger partial charge in [-0.3, -0.25) is 0 Å². The van der Waals surface area contributed by atoms with Crippen molar-refractivity contribution >= 4 is 11.3 Å². The van der Waals surface area contributed by atoms with Gasteiger partial charge in [0.1, 0.15) is 0 Å². The zero-order valence-electron chi connectivity index (χ0n) is 12.8. The Bertz CT molecular complexity index is 577. The van der Waals surface area contributed by atoms with Gasteiger partial charge < -0.3 is 10.1 Å². The second kappa shape index (κ2) is 6.30. The molecule has 1 unspecified atom stereocenters. The SMILES string of the molecule is CC(C)(CNCC1OCCc2ccccc21)c1cccs1. The van der Waals surface area contributed by atoms with Crippen molar-refractivity contribution in [3.8, 4) is 0 Å². The Balaban J connectivity index is 1.59. The second-order valence-corrected chi connectivity index (χ2v) is 7.25. The van der Waals surface area contributed by atoms with E-state index in [0.717, 1.165) is 26.1 Å². The van der Waals surface area contributed by atoms with Crippen LogP contribution in [0.25, 0.3) is 0 Å². The van der Waals surface area contributed by atoms with E-state index in [-0.39, 0.29) is 11.5 Å². The molecule has 0 fully saturated rings. The number of rotatable bonds is 5. The maximum absolute atomic E-state index is 5.95. The van der Waals surface area contributed by atoms with Gasteiger partial charge in [-0.15, -0.1) is 11.3 Å². The molecule has 3 heteroatoms. The standard InChI is InChI=1S/C18H23NOS/c1-18(2,17-8-5-11-21-17)13-19-12-16-15-7-4-3-6-14(15)9-10-20-16/h3-8,11,16,19H,9-10,12-13H2,1-2H3. The molecule has 1 N–H and O–H groups in total. The molecule has 0 aliphatic carbocycles. The molecule has 0 spiro atoms. The van der Waals surface area contributed by atoms with Gasteiger partial charge >= 0.3 is 0 Å². The zero-order chi connectivity index (χ0) is 14.7. The fraction of sp³-hybridized carbons (Fsp3) is 0.444. The van der Waals surface area contributed by atoms with Gasteiger partial charge in [-0.25, -0.2) is 0 Å². The first-order chi connectivity index (χ1) is 10.2. The van der Waals surface area contributed by atoms with Crippen LogP contribution in [0.4, 0.5) is 0 Å². The predicted octanol–water partition coefficient (Wildman–Crippen LogP) is 3.93. The number of ether oxygens (including phenoxy) is 1. The molecule has 1 aromatic carbocycles. The predicted molar refractivity (Wildman–Crippen MR) is 89.1 cm³/mol. The summed E-state index contributed by atoms with van der Waals surface area (Å²) in [6.45, 7) is 7.27. The largest absolute Gasteiger partial charge is 0.372 e. The minimum Gasteiger partial charge on any atom is -0.372 e. The minimum atomic E-state index is 0.169. The normalized spacial score (nSPS) is 18.5. The summed E-state index contributed by atoms with van der Waals surface area (Å²) in [6.07, 6.45) is 1.22. The molecule has 21 heavy (non-hydrogen) atoms. The molecule has 2 nitrogen and oxygen atoms in total. The average Bonchev–Trinajstić information content (AvgIpc) is 3.02. The van der Waals surface area contributed by atoms with Crippen molar-refractivity contribution in [3.63, 3.8) is 0 Å². The Morgan fingerprint density at radius 1 is 1.24 bits per heavy atom. The van der Waals surface area contributed by atoms with E-state index in [2.05, 4.69) is 60.9 Å². The molecule has 1 aliphatic rings. The molecule has 2 aromatic rings. The number of hydrogen-bond donors (Lipinski definition) is 1. The average molecular weight is 301 g/mol. The Labute approximate surface area is 131 Å². The molecule has 1 atom stereocenters. The van der Waals surface area contributed by atoms with Crippen LogP contribution in [0.1, 0.15) is 36.0 Å². The van der Waals surface area contributed by atoms with Crippen LogP contribution in [0.15, 0.2) is 41.8 Å². The Hall–Kier alpha value is -1.16. The van der Waals surface area contributed by atoms with E-state index < -0.39 is 0 Å². The number of hydrogen-bond acceptors (Lipinski definition) is 3. The molecule has 0 bridgehead atoms. The minimum absolute atomic E-state index is 0.169. The van der Waals surface area contributed by atoms with E-state index in [4.69, 9.17) is 4.74 Å². The van der Waals surface area contributed by atoms with Gasteiger partial charge in [0, 0.05) is 23.4 Å². The number of benzene rings is 1. The fourth-order valence-electron chi connectivity index (χ4n) is 2.91. The van der Waals surface area contributed by atoms with Crippen molar-refractivity contribution < 1.29 is 4.74 Å². The van der Waals surface area contributed by atoms with Gasteiger partial charge in [0.25, 0.3) is 0 Å². The molecule has 1 aliphatic heterocycles. The summed E-state index contributed by atoms with van der Waals surface area (Å²) in [5.74, 6) is 0. The lowest BCUT2D eigenvalue weighted by molar-refractivity contribution is 0.0419. The lowest BCUT2D eigenvalue weighted by Gasteiger charge is -2.29. The van der Waals surface area contributed by atoms with E-state index in [1.54, 1.807) is 0 Å². The quantitative estimate of drug-likeness (QED) is 0.903. The van der Waals surface area contributed by atoms with Gasteiger partial charge in [0.05, 0.1) is 12.7 Å². The van der Waals surface area contributed by atoms with Gasteiger partial charge in [0.2, 0.25) is 0 Å². The first kappa shape index (κ1) is 14.8. The third kappa shape index (κ3) is 3.37. The van der Waals surface area contributed by atoms with Crippen molar-refractivity contribution in [2.75, 3.05) is 19.7 Å². The molecular formula is C18H23NOS. The van der Waals surface area contributed by atoms with Crippen molar-refractivity contribution in [1.29, 1.82) is 0 Å². The highest BCUT2D eigenvalue weighted by Gasteiger charge is 2.24. The van der Waals surface area contributed by atoms with Crippen LogP contribution in [-0.2, 0) is 16.6 Å². The maximum atomic E-state index is 5.95. The Morgan fingerprint density at radius 2 is 2.10 bits per heavy atom. The summed E-state index contributed by atoms with van der Waals surface area (Å²) in [4.78, 5) is 1.43. The highest BCUT2D eigenvalue weighted by atomic mass is 32.1. The van der Waals surface area contributed by atoms with Crippen molar-refractivity contribution in [2.24, 2.45) is 0 Å². The highest BCUT2D eigenvalue weighted by Crippen LogP contribution is 2.28. The van der Waals surface area contributed by atoms with Gasteiger partial charge in [-0.05, 0) is 29.0 Å². The van der Waals surface area contributed by atoms with Crippen LogP contribution >= 0.6 is 11.3 Å². The van der Waals surface area contributed by atoms with Crippen LogP contribution < -0.4 is 5.32 Å². The van der Waals surface area contributed by atoms with Crippen LogP contribution in [0.2, 0.25) is 0 Å². The van der Waals surface area contributed by atoms with Crippen LogP contribution in [0.3, 0.4) is 0 Å². The molecule has 0 radical (unpaired) electrons. The third-order valence-electron chi connectivity index (χ3n) is 4.18. The van der Waals surface area contributed by atoms with E-state index in [0.29, 0.717) is 0 Å². The summed E-state index contributed by atoms with van der Waals surface area (Å²) in [5, 5.41) is 5.76. The van der Waals surface area contributed by atoms with E-state index in [1.807, 2.05) is 11.3 Å². The van der Waals surface area contributed by atoms with Crippen molar-refractivity contribution in [2.45, 2.75) is 31.8 Å². The molecule has 1 aromatic heterocycles. The van der Waals surface area contributed by atoms with Crippen molar-refractivity contribution in [3.05, 3.63) is 57.8 Å². The number of fused-ring (bicyclic) bond motifs is 1. The fourth-order valence-corrected chi connectivity index (χ4v) is 3.76. The number of nitrogens with one attached hydrogen (secondary N) is 1. The first-order valence-corrected chi connectivity index (χ1v) is 8.49. The first-order valence-electron chi connectivity index (χ1n) is 7.61. The lowest BCUT2D eigenvalue weighted by Crippen LogP contribution is -2.36. The third-order valence-corrected chi connectivity index (χ3v) is 5.41. The van der Waals surface area contributed by atoms with Crippen LogP contribution in [0, 0.1) is 0 Å². The molecule has 0 saturated carbocycles. The summed E-state index contributed by atoms with van der Waals surface area (Å²) in [5.41, 5.74) is 2.96. The highest BCUT2D eigenvalue weighted by molar-refractivity contribution is 7.10.